The number of hydrogen-bond acceptors (Lipinski definition) is 1. The van der Waals surface area contributed by atoms with Gasteiger partial charge in [-0.25, -0.2) is 0 Å². The molecule has 0 aromatic heterocycles. The molecule has 0 saturated carbocycles. The molecular formula is C22H24F6OSn. The molecule has 0 aliphatic rings. The third-order valence-corrected chi connectivity index (χ3v) is 17.6. The maximum atomic E-state index is 12.7. The summed E-state index contributed by atoms with van der Waals surface area (Å²) < 4.78 is 75.7. The Bertz CT molecular complexity index is 714. The van der Waals surface area contributed by atoms with Crippen LogP contribution < -0.4 is 0 Å². The zero-order valence-electron chi connectivity index (χ0n) is 16.3. The molecule has 0 spiro atoms. The van der Waals surface area contributed by atoms with Crippen LogP contribution in [0.2, 0.25) is 8.87 Å². The topological polar surface area (TPSA) is 17.1 Å². The Labute approximate surface area is 179 Å². The van der Waals surface area contributed by atoms with E-state index >= 15 is 0 Å². The van der Waals surface area contributed by atoms with Crippen LogP contribution in [0, 0.1) is 0 Å². The number of rotatable bonds is 10. The van der Waals surface area contributed by atoms with Crippen molar-refractivity contribution in [3.05, 3.63) is 71.8 Å². The first kappa shape index (κ1) is 24.8. The van der Waals surface area contributed by atoms with Gasteiger partial charge in [0.15, 0.2) is 0 Å². The Morgan fingerprint density at radius 2 is 1.03 bits per heavy atom. The summed E-state index contributed by atoms with van der Waals surface area (Å²) >= 11 is -3.40. The molecule has 2 rings (SSSR count). The first-order valence-corrected chi connectivity index (χ1v) is 16.1. The molecule has 0 atom stereocenters. The van der Waals surface area contributed by atoms with Crippen molar-refractivity contribution >= 4 is 26.0 Å². The van der Waals surface area contributed by atoms with E-state index in [1.807, 2.05) is 0 Å². The molecule has 2 aromatic rings. The van der Waals surface area contributed by atoms with Crippen molar-refractivity contribution in [2.75, 3.05) is 0 Å². The number of aldehydes is 1. The molecule has 0 fully saturated rings. The minimum atomic E-state index is -4.33. The third-order valence-electron chi connectivity index (χ3n) is 5.36. The molecule has 8 heteroatoms. The molecule has 0 unspecified atom stereocenters. The molecule has 0 N–H and O–H groups in total. The van der Waals surface area contributed by atoms with Crippen molar-refractivity contribution in [1.29, 1.82) is 0 Å². The van der Waals surface area contributed by atoms with Gasteiger partial charge in [-0.3, -0.25) is 0 Å². The van der Waals surface area contributed by atoms with E-state index in [-0.39, 0.29) is 21.7 Å². The molecule has 30 heavy (non-hydrogen) atoms. The van der Waals surface area contributed by atoms with E-state index in [1.165, 1.54) is 0 Å². The maximum absolute atomic E-state index is 12.7. The summed E-state index contributed by atoms with van der Waals surface area (Å²) in [5.41, 5.74) is 1.32. The Morgan fingerprint density at radius 3 is 1.33 bits per heavy atom. The molecule has 164 valence electrons. The van der Waals surface area contributed by atoms with Crippen LogP contribution >= 0.6 is 0 Å². The van der Waals surface area contributed by atoms with Crippen LogP contribution in [0.5, 0.6) is 0 Å². The van der Waals surface area contributed by atoms with Gasteiger partial charge < -0.3 is 0 Å². The quantitative estimate of drug-likeness (QED) is 0.189. The van der Waals surface area contributed by atoms with E-state index in [4.69, 9.17) is 0 Å². The van der Waals surface area contributed by atoms with Crippen molar-refractivity contribution in [2.45, 2.75) is 50.3 Å². The first-order chi connectivity index (χ1) is 14.1. The first-order valence-electron chi connectivity index (χ1n) is 9.79. The Kier molecular flexibility index (Phi) is 8.82. The molecule has 0 heterocycles. The number of alkyl halides is 6. The van der Waals surface area contributed by atoms with Crippen LogP contribution in [-0.2, 0) is 8.23 Å². The Morgan fingerprint density at radius 1 is 0.667 bits per heavy atom. The molecule has 1 nitrogen and oxygen atoms in total. The number of hydrogen-bond donors (Lipinski definition) is 0. The fourth-order valence-corrected chi connectivity index (χ4v) is 15.7. The van der Waals surface area contributed by atoms with Crippen molar-refractivity contribution in [2.24, 2.45) is 0 Å². The summed E-state index contributed by atoms with van der Waals surface area (Å²) in [5.74, 6) is 0. The van der Waals surface area contributed by atoms with Gasteiger partial charge in [-0.2, -0.15) is 0 Å². The third kappa shape index (κ3) is 7.03. The van der Waals surface area contributed by atoms with Crippen molar-refractivity contribution < 1.29 is 31.1 Å². The summed E-state index contributed by atoms with van der Waals surface area (Å²) in [6, 6.07) is 17.5. The molecule has 2 aromatic carbocycles. The molecule has 0 amide bonds. The van der Waals surface area contributed by atoms with E-state index in [1.54, 1.807) is 60.7 Å². The Hall–Kier alpha value is -1.51. The molecule has 0 aliphatic carbocycles. The van der Waals surface area contributed by atoms with Crippen LogP contribution in [0.1, 0.15) is 36.8 Å². The predicted molar refractivity (Wildman–Crippen MR) is 107 cm³/mol. The van der Waals surface area contributed by atoms with E-state index in [0.717, 1.165) is 6.29 Å². The van der Waals surface area contributed by atoms with Gasteiger partial charge in [-0.1, -0.05) is 0 Å². The molecule has 0 radical (unpaired) electrons. The van der Waals surface area contributed by atoms with Crippen LogP contribution in [0.4, 0.5) is 26.3 Å². The predicted octanol–water partition coefficient (Wildman–Crippen LogP) is 6.62. The fourth-order valence-electron chi connectivity index (χ4n) is 4.00. The van der Waals surface area contributed by atoms with Crippen molar-refractivity contribution in [1.82, 2.24) is 0 Å². The second-order valence-electron chi connectivity index (χ2n) is 7.43. The average Bonchev–Trinajstić information content (AvgIpc) is 2.68. The van der Waals surface area contributed by atoms with Gasteiger partial charge >= 0.3 is 179 Å². The monoisotopic (exact) mass is 538 g/mol. The molecular weight excluding hydrogens is 513 g/mol. The van der Waals surface area contributed by atoms with E-state index < -0.39 is 48.4 Å². The van der Waals surface area contributed by atoms with Crippen LogP contribution in [0.15, 0.2) is 60.7 Å². The van der Waals surface area contributed by atoms with Gasteiger partial charge in [0.2, 0.25) is 0 Å². The van der Waals surface area contributed by atoms with E-state index in [2.05, 4.69) is 0 Å². The molecule has 0 bridgehead atoms. The molecule has 0 aliphatic heterocycles. The van der Waals surface area contributed by atoms with E-state index in [0.29, 0.717) is 11.1 Å². The van der Waals surface area contributed by atoms with Gasteiger partial charge in [0.25, 0.3) is 0 Å². The fraction of sp³-hybridized carbons (Fsp3) is 0.409. The summed E-state index contributed by atoms with van der Waals surface area (Å²) in [5, 5.41) is 0. The Balaban J connectivity index is 2.46. The SMILES string of the molecule is O=C[C](c1ccccc1)(c1ccccc1)[SnH]([CH2]CCC(F)(F)F)[CH2]CCC(F)(F)F. The van der Waals surface area contributed by atoms with Gasteiger partial charge in [0.05, 0.1) is 0 Å². The van der Waals surface area contributed by atoms with Gasteiger partial charge in [0.1, 0.15) is 0 Å². The summed E-state index contributed by atoms with van der Waals surface area (Å²) in [6.45, 7) is 0. The second kappa shape index (κ2) is 10.7. The van der Waals surface area contributed by atoms with Gasteiger partial charge in [0, 0.05) is 0 Å². The standard InChI is InChI=1S/C14H11O.2C4H6F3.Sn.H/c15-11-14(12-7-3-1-4-8-12)13-9-5-2-6-10-13;2*1-2-3-4(5,6)7;;/h1-11H;2*1-3H2;;. The summed E-state index contributed by atoms with van der Waals surface area (Å²) in [4.78, 5) is 12.6. The number of carbonyl (C=O) groups is 1. The number of benzene rings is 2. The van der Waals surface area contributed by atoms with Crippen LogP contribution in [0.25, 0.3) is 0 Å². The van der Waals surface area contributed by atoms with Crippen molar-refractivity contribution in [3.63, 3.8) is 0 Å². The van der Waals surface area contributed by atoms with Crippen molar-refractivity contribution in [3.8, 4) is 0 Å². The normalized spacial score (nSPS) is 12.9. The average molecular weight is 537 g/mol. The van der Waals surface area contributed by atoms with Crippen LogP contribution in [0.3, 0.4) is 0 Å². The van der Waals surface area contributed by atoms with E-state index in [9.17, 15) is 31.1 Å². The number of halogens is 6. The van der Waals surface area contributed by atoms with Gasteiger partial charge in [-0.15, -0.1) is 0 Å². The zero-order valence-corrected chi connectivity index (χ0v) is 19.6. The van der Waals surface area contributed by atoms with Gasteiger partial charge in [-0.05, 0) is 0 Å². The number of carbonyl (C=O) groups excluding carboxylic acids is 1. The van der Waals surface area contributed by atoms with Crippen LogP contribution in [-0.4, -0.2) is 38.4 Å². The molecule has 0 saturated heterocycles. The summed E-state index contributed by atoms with van der Waals surface area (Å²) in [7, 11) is 0. The zero-order chi connectivity index (χ0) is 22.3. The minimum absolute atomic E-state index is 0.161. The summed E-state index contributed by atoms with van der Waals surface area (Å²) in [6.07, 6.45) is -10.2. The second-order valence-corrected chi connectivity index (χ2v) is 17.3.